The smallest absolute Gasteiger partial charge is 0.387 e. The van der Waals surface area contributed by atoms with Crippen LogP contribution in [0.25, 0.3) is 11.0 Å². The number of fused-ring (bicyclic) bond motifs is 1. The number of imidazole rings is 1. The van der Waals surface area contributed by atoms with Crippen LogP contribution in [0, 0.1) is 0 Å². The summed E-state index contributed by atoms with van der Waals surface area (Å²) in [5.41, 5.74) is 2.50. The molecule has 0 saturated carbocycles. The van der Waals surface area contributed by atoms with E-state index in [2.05, 4.69) is 30.3 Å². The van der Waals surface area contributed by atoms with E-state index in [0.29, 0.717) is 30.4 Å². The molecule has 2 aromatic carbocycles. The zero-order valence-corrected chi connectivity index (χ0v) is 17.6. The van der Waals surface area contributed by atoms with Crippen LogP contribution in [-0.2, 0) is 13.0 Å². The van der Waals surface area contributed by atoms with E-state index >= 15 is 0 Å². The largest absolute Gasteiger partial charge is 0.497 e. The molecule has 0 fully saturated rings. The number of aryl methyl sites for hydroxylation is 1. The highest BCUT2D eigenvalue weighted by atomic mass is 19.3. The monoisotopic (exact) mass is 431 g/mol. The highest BCUT2D eigenvalue weighted by Crippen LogP contribution is 2.26. The first kappa shape index (κ1) is 22.3. The van der Waals surface area contributed by atoms with Crippen molar-refractivity contribution in [3.05, 3.63) is 53.9 Å². The number of alkyl halides is 2. The molecule has 9 heteroatoms. The van der Waals surface area contributed by atoms with Crippen molar-refractivity contribution >= 4 is 17.0 Å². The number of benzene rings is 2. The molecule has 3 rings (SSSR count). The molecule has 3 N–H and O–H groups in total. The van der Waals surface area contributed by atoms with E-state index in [4.69, 9.17) is 4.74 Å². The minimum atomic E-state index is -2.90. The number of nitrogens with zero attached hydrogens (tertiary/aromatic N) is 2. The summed E-state index contributed by atoms with van der Waals surface area (Å²) in [6.45, 7) is 0.580. The molecule has 0 amide bonds. The van der Waals surface area contributed by atoms with Gasteiger partial charge in [0.05, 0.1) is 24.7 Å². The lowest BCUT2D eigenvalue weighted by atomic mass is 10.2. The maximum Gasteiger partial charge on any atom is 0.387 e. The van der Waals surface area contributed by atoms with Crippen molar-refractivity contribution < 1.29 is 18.3 Å². The summed E-state index contributed by atoms with van der Waals surface area (Å²) in [5, 5.41) is 6.42. The Morgan fingerprint density at radius 1 is 1.19 bits per heavy atom. The molecule has 0 radical (unpaired) electrons. The van der Waals surface area contributed by atoms with Crippen LogP contribution in [0.3, 0.4) is 0 Å². The number of ether oxygens (including phenoxy) is 2. The van der Waals surface area contributed by atoms with Crippen molar-refractivity contribution in [2.24, 2.45) is 4.99 Å². The van der Waals surface area contributed by atoms with Gasteiger partial charge < -0.3 is 25.1 Å². The molecule has 3 aromatic rings. The van der Waals surface area contributed by atoms with Gasteiger partial charge in [0.2, 0.25) is 0 Å². The number of aliphatic imine (C=N–C) groups is 1. The third-order valence-electron chi connectivity index (χ3n) is 4.56. The fourth-order valence-corrected chi connectivity index (χ4v) is 3.11. The van der Waals surface area contributed by atoms with Crippen molar-refractivity contribution in [2.45, 2.75) is 32.9 Å². The van der Waals surface area contributed by atoms with Gasteiger partial charge in [-0.05, 0) is 43.7 Å². The quantitative estimate of drug-likeness (QED) is 0.258. The van der Waals surface area contributed by atoms with Gasteiger partial charge in [0.15, 0.2) is 5.96 Å². The van der Waals surface area contributed by atoms with Crippen LogP contribution in [0.1, 0.15) is 24.7 Å². The maximum absolute atomic E-state index is 12.7. The molecule has 0 aliphatic rings. The summed E-state index contributed by atoms with van der Waals surface area (Å²) in [7, 11) is 1.52. The van der Waals surface area contributed by atoms with E-state index in [9.17, 15) is 8.78 Å². The number of hydrogen-bond acceptors (Lipinski definition) is 4. The number of halogens is 2. The Kier molecular flexibility index (Phi) is 8.03. The zero-order valence-electron chi connectivity index (χ0n) is 17.6. The van der Waals surface area contributed by atoms with E-state index in [1.54, 1.807) is 12.1 Å². The molecule has 0 atom stereocenters. The number of aromatic amines is 1. The summed E-state index contributed by atoms with van der Waals surface area (Å²) < 4.78 is 35.2. The van der Waals surface area contributed by atoms with Crippen LogP contribution in [0.15, 0.2) is 47.5 Å². The van der Waals surface area contributed by atoms with Crippen molar-refractivity contribution in [3.63, 3.8) is 0 Å². The molecule has 0 unspecified atom stereocenters. The molecule has 7 nitrogen and oxygen atoms in total. The second-order valence-corrected chi connectivity index (χ2v) is 6.78. The first-order chi connectivity index (χ1) is 15.1. The molecule has 0 spiro atoms. The van der Waals surface area contributed by atoms with Crippen molar-refractivity contribution in [2.75, 3.05) is 20.2 Å². The first-order valence-corrected chi connectivity index (χ1v) is 10.2. The number of guanidine groups is 1. The SMILES string of the molecule is CCNC(=NCc1cc(OC)ccc1OC(F)F)NCCCc1nc2ccccc2[nH]1. The first-order valence-electron chi connectivity index (χ1n) is 10.2. The fourth-order valence-electron chi connectivity index (χ4n) is 3.11. The number of H-pyrrole nitrogens is 1. The van der Waals surface area contributed by atoms with Gasteiger partial charge in [-0.25, -0.2) is 9.98 Å². The summed E-state index contributed by atoms with van der Waals surface area (Å²) in [4.78, 5) is 12.4. The topological polar surface area (TPSA) is 83.6 Å². The molecule has 31 heavy (non-hydrogen) atoms. The average Bonchev–Trinajstić information content (AvgIpc) is 3.18. The van der Waals surface area contributed by atoms with Crippen LogP contribution in [0.5, 0.6) is 11.5 Å². The molecule has 0 saturated heterocycles. The standard InChI is InChI=1S/C22H27F2N5O2/c1-3-25-22(26-12-6-9-20-28-17-7-4-5-8-18(17)29-20)27-14-15-13-16(30-2)10-11-19(15)31-21(23)24/h4-5,7-8,10-11,13,21H,3,6,9,12,14H2,1-2H3,(H,28,29)(H2,25,26,27). The lowest BCUT2D eigenvalue weighted by Crippen LogP contribution is -2.37. The van der Waals surface area contributed by atoms with E-state index in [1.165, 1.54) is 13.2 Å². The van der Waals surface area contributed by atoms with Crippen LogP contribution in [0.2, 0.25) is 0 Å². The Morgan fingerprint density at radius 3 is 2.77 bits per heavy atom. The average molecular weight is 431 g/mol. The number of rotatable bonds is 10. The highest BCUT2D eigenvalue weighted by molar-refractivity contribution is 5.79. The van der Waals surface area contributed by atoms with E-state index in [1.807, 2.05) is 31.2 Å². The Morgan fingerprint density at radius 2 is 2.03 bits per heavy atom. The third-order valence-corrected chi connectivity index (χ3v) is 4.56. The van der Waals surface area contributed by atoms with Crippen molar-refractivity contribution in [1.82, 2.24) is 20.6 Å². The lowest BCUT2D eigenvalue weighted by Gasteiger charge is -2.13. The Labute approximate surface area is 179 Å². The summed E-state index contributed by atoms with van der Waals surface area (Å²) in [6, 6.07) is 12.6. The lowest BCUT2D eigenvalue weighted by molar-refractivity contribution is -0.0504. The molecule has 166 valence electrons. The molecule has 0 aliphatic heterocycles. The van der Waals surface area contributed by atoms with Gasteiger partial charge in [0, 0.05) is 25.1 Å². The third kappa shape index (κ3) is 6.56. The van der Waals surface area contributed by atoms with Crippen LogP contribution >= 0.6 is 0 Å². The Balaban J connectivity index is 1.58. The second-order valence-electron chi connectivity index (χ2n) is 6.78. The molecule has 1 heterocycles. The van der Waals surface area contributed by atoms with Gasteiger partial charge in [-0.1, -0.05) is 12.1 Å². The highest BCUT2D eigenvalue weighted by Gasteiger charge is 2.11. The summed E-state index contributed by atoms with van der Waals surface area (Å²) in [5.74, 6) is 2.17. The maximum atomic E-state index is 12.7. The number of hydrogen-bond donors (Lipinski definition) is 3. The normalized spacial score (nSPS) is 11.7. The number of para-hydroxylation sites is 2. The van der Waals surface area contributed by atoms with Crippen molar-refractivity contribution in [3.8, 4) is 11.5 Å². The fraction of sp³-hybridized carbons (Fsp3) is 0.364. The van der Waals surface area contributed by atoms with Gasteiger partial charge in [-0.2, -0.15) is 8.78 Å². The number of nitrogens with one attached hydrogen (secondary N) is 3. The molecular weight excluding hydrogens is 404 g/mol. The molecule has 0 aliphatic carbocycles. The zero-order chi connectivity index (χ0) is 22.1. The van der Waals surface area contributed by atoms with Gasteiger partial charge in [0.25, 0.3) is 0 Å². The minimum absolute atomic E-state index is 0.0836. The predicted octanol–water partition coefficient (Wildman–Crippen LogP) is 3.86. The Hall–Kier alpha value is -3.36. The van der Waals surface area contributed by atoms with Crippen molar-refractivity contribution in [1.29, 1.82) is 0 Å². The van der Waals surface area contributed by atoms with Crippen LogP contribution in [-0.4, -0.2) is 42.7 Å². The van der Waals surface area contributed by atoms with E-state index < -0.39 is 6.61 Å². The molecule has 0 bridgehead atoms. The minimum Gasteiger partial charge on any atom is -0.497 e. The second kappa shape index (κ2) is 11.1. The van der Waals surface area contributed by atoms with Gasteiger partial charge >= 0.3 is 6.61 Å². The van der Waals surface area contributed by atoms with Crippen LogP contribution in [0.4, 0.5) is 8.78 Å². The predicted molar refractivity (Wildman–Crippen MR) is 117 cm³/mol. The van der Waals surface area contributed by atoms with E-state index in [-0.39, 0.29) is 12.3 Å². The number of methoxy groups -OCH3 is 1. The Bertz CT molecular complexity index is 973. The molecular formula is C22H27F2N5O2. The van der Waals surface area contributed by atoms with Gasteiger partial charge in [0.1, 0.15) is 17.3 Å². The summed E-state index contributed by atoms with van der Waals surface area (Å²) >= 11 is 0. The number of aromatic nitrogens is 2. The van der Waals surface area contributed by atoms with Gasteiger partial charge in [-0.3, -0.25) is 0 Å². The molecule has 1 aromatic heterocycles. The van der Waals surface area contributed by atoms with E-state index in [0.717, 1.165) is 29.7 Å². The summed E-state index contributed by atoms with van der Waals surface area (Å²) in [6.07, 6.45) is 1.65. The van der Waals surface area contributed by atoms with Gasteiger partial charge in [-0.15, -0.1) is 0 Å². The van der Waals surface area contributed by atoms with Crippen LogP contribution < -0.4 is 20.1 Å².